The van der Waals surface area contributed by atoms with Gasteiger partial charge in [0.05, 0.1) is 0 Å². The summed E-state index contributed by atoms with van der Waals surface area (Å²) in [7, 11) is 4.17. The highest BCUT2D eigenvalue weighted by molar-refractivity contribution is 6.30. The Morgan fingerprint density at radius 1 is 1.36 bits per heavy atom. The Hall–Kier alpha value is -1.26. The molecule has 1 atom stereocenters. The van der Waals surface area contributed by atoms with E-state index >= 15 is 0 Å². The van der Waals surface area contributed by atoms with Crippen LogP contribution in [0.4, 0.5) is 4.79 Å². The van der Waals surface area contributed by atoms with Gasteiger partial charge in [0.1, 0.15) is 0 Å². The Labute approximate surface area is 138 Å². The van der Waals surface area contributed by atoms with Crippen molar-refractivity contribution >= 4 is 17.6 Å². The molecule has 5 heteroatoms. The van der Waals surface area contributed by atoms with Gasteiger partial charge in [-0.2, -0.15) is 0 Å². The molecule has 122 valence electrons. The monoisotopic (exact) mass is 323 g/mol. The molecule has 1 aromatic carbocycles. The number of likely N-dealkylation sites (tertiary alicyclic amines) is 1. The Bertz CT molecular complexity index is 475. The molecule has 2 rings (SSSR count). The topological polar surface area (TPSA) is 35.6 Å². The third kappa shape index (κ3) is 5.50. The zero-order valence-corrected chi connectivity index (χ0v) is 14.3. The van der Waals surface area contributed by atoms with E-state index in [0.29, 0.717) is 5.92 Å². The highest BCUT2D eigenvalue weighted by Gasteiger charge is 2.26. The summed E-state index contributed by atoms with van der Waals surface area (Å²) >= 11 is 5.86. The van der Waals surface area contributed by atoms with Crippen molar-refractivity contribution in [1.82, 2.24) is 15.1 Å². The van der Waals surface area contributed by atoms with Crippen molar-refractivity contribution in [2.75, 3.05) is 40.3 Å². The molecule has 1 aliphatic rings. The van der Waals surface area contributed by atoms with Crippen molar-refractivity contribution in [2.45, 2.75) is 19.3 Å². The van der Waals surface area contributed by atoms with Gasteiger partial charge in [0, 0.05) is 31.2 Å². The summed E-state index contributed by atoms with van der Waals surface area (Å²) in [6, 6.07) is 7.97. The predicted octanol–water partition coefficient (Wildman–Crippen LogP) is 2.87. The van der Waals surface area contributed by atoms with Gasteiger partial charge in [-0.05, 0) is 57.0 Å². The second-order valence-corrected chi connectivity index (χ2v) is 6.76. The van der Waals surface area contributed by atoms with E-state index < -0.39 is 0 Å². The Morgan fingerprint density at radius 2 is 2.09 bits per heavy atom. The highest BCUT2D eigenvalue weighted by Crippen LogP contribution is 2.16. The number of hydrogen-bond donors (Lipinski definition) is 1. The van der Waals surface area contributed by atoms with Crippen LogP contribution in [0, 0.1) is 5.92 Å². The quantitative estimate of drug-likeness (QED) is 0.817. The second-order valence-electron chi connectivity index (χ2n) is 6.32. The molecule has 1 aromatic rings. The minimum atomic E-state index is 0.0809. The summed E-state index contributed by atoms with van der Waals surface area (Å²) in [6.07, 6.45) is 3.01. The summed E-state index contributed by atoms with van der Waals surface area (Å²) < 4.78 is 0. The van der Waals surface area contributed by atoms with Crippen LogP contribution in [0.3, 0.4) is 0 Å². The van der Waals surface area contributed by atoms with Gasteiger partial charge >= 0.3 is 6.03 Å². The van der Waals surface area contributed by atoms with Gasteiger partial charge in [-0.3, -0.25) is 0 Å². The number of hydrogen-bond acceptors (Lipinski definition) is 2. The molecule has 0 bridgehead atoms. The van der Waals surface area contributed by atoms with Gasteiger partial charge in [-0.15, -0.1) is 0 Å². The fraction of sp³-hybridized carbons (Fsp3) is 0.588. The number of carbonyl (C=O) groups is 1. The van der Waals surface area contributed by atoms with Crippen LogP contribution >= 0.6 is 11.6 Å². The number of aryl methyl sites for hydroxylation is 1. The van der Waals surface area contributed by atoms with Crippen molar-refractivity contribution in [3.63, 3.8) is 0 Å². The molecule has 4 nitrogen and oxygen atoms in total. The van der Waals surface area contributed by atoms with E-state index in [1.54, 1.807) is 0 Å². The van der Waals surface area contributed by atoms with E-state index in [0.717, 1.165) is 50.5 Å². The average Bonchev–Trinajstić information content (AvgIpc) is 2.93. The first-order chi connectivity index (χ1) is 10.5. The zero-order chi connectivity index (χ0) is 15.9. The molecule has 1 heterocycles. The summed E-state index contributed by atoms with van der Waals surface area (Å²) in [5.74, 6) is 0.606. The van der Waals surface area contributed by atoms with Gasteiger partial charge in [0.15, 0.2) is 0 Å². The minimum absolute atomic E-state index is 0.0809. The van der Waals surface area contributed by atoms with Crippen LogP contribution in [0.2, 0.25) is 5.02 Å². The number of carbonyl (C=O) groups excluding carboxylic acids is 1. The van der Waals surface area contributed by atoms with Crippen LogP contribution in [0.5, 0.6) is 0 Å². The third-order valence-electron chi connectivity index (χ3n) is 4.03. The molecular formula is C17H26ClN3O. The average molecular weight is 324 g/mol. The van der Waals surface area contributed by atoms with Crippen molar-refractivity contribution in [3.05, 3.63) is 34.9 Å². The summed E-state index contributed by atoms with van der Waals surface area (Å²) in [6.45, 7) is 3.53. The molecular weight excluding hydrogens is 298 g/mol. The molecule has 2 amide bonds. The van der Waals surface area contributed by atoms with Crippen LogP contribution in [0.25, 0.3) is 0 Å². The number of nitrogens with one attached hydrogen (secondary N) is 1. The molecule has 0 aromatic heterocycles. The molecule has 1 saturated heterocycles. The molecule has 0 aliphatic carbocycles. The largest absolute Gasteiger partial charge is 0.338 e. The normalized spacial score (nSPS) is 18.0. The lowest BCUT2D eigenvalue weighted by Gasteiger charge is -2.19. The molecule has 1 N–H and O–H groups in total. The Kier molecular flexibility index (Phi) is 6.52. The first-order valence-corrected chi connectivity index (χ1v) is 8.34. The molecule has 1 fully saturated rings. The zero-order valence-electron chi connectivity index (χ0n) is 13.5. The second kappa shape index (κ2) is 8.39. The first kappa shape index (κ1) is 17.1. The maximum absolute atomic E-state index is 12.1. The van der Waals surface area contributed by atoms with Gasteiger partial charge in [-0.25, -0.2) is 4.79 Å². The number of urea groups is 1. The van der Waals surface area contributed by atoms with Gasteiger partial charge < -0.3 is 15.1 Å². The Balaban J connectivity index is 1.63. The summed E-state index contributed by atoms with van der Waals surface area (Å²) in [5.41, 5.74) is 1.26. The fourth-order valence-corrected chi connectivity index (χ4v) is 3.06. The van der Waals surface area contributed by atoms with E-state index in [4.69, 9.17) is 11.6 Å². The van der Waals surface area contributed by atoms with E-state index in [9.17, 15) is 4.79 Å². The van der Waals surface area contributed by atoms with E-state index in [1.807, 2.05) is 29.2 Å². The summed E-state index contributed by atoms with van der Waals surface area (Å²) in [4.78, 5) is 16.2. The number of halogens is 1. The number of nitrogens with zero attached hydrogens (tertiary/aromatic N) is 2. The molecule has 0 unspecified atom stereocenters. The van der Waals surface area contributed by atoms with Crippen LogP contribution in [0.1, 0.15) is 18.4 Å². The van der Waals surface area contributed by atoms with E-state index in [1.165, 1.54) is 5.56 Å². The van der Waals surface area contributed by atoms with Gasteiger partial charge in [0.2, 0.25) is 0 Å². The standard InChI is InChI=1S/C17H26ClN3O/c1-20(2)12-15-9-11-21(13-15)17(22)19-10-3-4-14-5-7-16(18)8-6-14/h5-8,15H,3-4,9-13H2,1-2H3,(H,19,22)/t15-/m1/s1. The molecule has 0 radical (unpaired) electrons. The SMILES string of the molecule is CN(C)C[C@H]1CCN(C(=O)NCCCc2ccc(Cl)cc2)C1. The number of amides is 2. The van der Waals surface area contributed by atoms with Crippen LogP contribution < -0.4 is 5.32 Å². The lowest BCUT2D eigenvalue weighted by atomic mass is 10.1. The predicted molar refractivity (Wildman–Crippen MR) is 91.4 cm³/mol. The van der Waals surface area contributed by atoms with Crippen LogP contribution in [-0.4, -0.2) is 56.1 Å². The lowest BCUT2D eigenvalue weighted by molar-refractivity contribution is 0.205. The Morgan fingerprint density at radius 3 is 2.77 bits per heavy atom. The summed E-state index contributed by atoms with van der Waals surface area (Å²) in [5, 5.41) is 3.79. The van der Waals surface area contributed by atoms with Gasteiger partial charge in [0.25, 0.3) is 0 Å². The highest BCUT2D eigenvalue weighted by atomic mass is 35.5. The lowest BCUT2D eigenvalue weighted by Crippen LogP contribution is -2.39. The maximum atomic E-state index is 12.1. The van der Waals surface area contributed by atoms with Gasteiger partial charge in [-0.1, -0.05) is 23.7 Å². The number of rotatable bonds is 6. The minimum Gasteiger partial charge on any atom is -0.338 e. The van der Waals surface area contributed by atoms with Crippen LogP contribution in [-0.2, 0) is 6.42 Å². The molecule has 1 aliphatic heterocycles. The maximum Gasteiger partial charge on any atom is 0.317 e. The third-order valence-corrected chi connectivity index (χ3v) is 4.28. The number of benzene rings is 1. The molecule has 0 spiro atoms. The first-order valence-electron chi connectivity index (χ1n) is 7.96. The van der Waals surface area contributed by atoms with Crippen molar-refractivity contribution < 1.29 is 4.79 Å². The van der Waals surface area contributed by atoms with E-state index in [2.05, 4.69) is 24.3 Å². The fourth-order valence-electron chi connectivity index (χ4n) is 2.93. The van der Waals surface area contributed by atoms with Crippen molar-refractivity contribution in [2.24, 2.45) is 5.92 Å². The van der Waals surface area contributed by atoms with Crippen molar-refractivity contribution in [1.29, 1.82) is 0 Å². The van der Waals surface area contributed by atoms with Crippen molar-refractivity contribution in [3.8, 4) is 0 Å². The molecule has 22 heavy (non-hydrogen) atoms. The molecule has 0 saturated carbocycles. The van der Waals surface area contributed by atoms with Crippen LogP contribution in [0.15, 0.2) is 24.3 Å². The van der Waals surface area contributed by atoms with E-state index in [-0.39, 0.29) is 6.03 Å². The smallest absolute Gasteiger partial charge is 0.317 e.